The lowest BCUT2D eigenvalue weighted by molar-refractivity contribution is -0.137. The minimum absolute atomic E-state index is 0.181. The van der Waals surface area contributed by atoms with E-state index in [9.17, 15) is 9.18 Å². The van der Waals surface area contributed by atoms with Crippen LogP contribution in [0.25, 0.3) is 6.08 Å². The number of halogens is 1. The lowest BCUT2D eigenvalue weighted by Gasteiger charge is -2.11. The molecule has 0 saturated carbocycles. The van der Waals surface area contributed by atoms with Gasteiger partial charge in [0.15, 0.2) is 0 Å². The van der Waals surface area contributed by atoms with Crippen molar-refractivity contribution in [2.75, 3.05) is 27.2 Å². The Bertz CT molecular complexity index is 510. The van der Waals surface area contributed by atoms with Crippen molar-refractivity contribution in [1.29, 1.82) is 0 Å². The quantitative estimate of drug-likeness (QED) is 0.571. The Labute approximate surface area is 126 Å². The van der Waals surface area contributed by atoms with Gasteiger partial charge in [0.1, 0.15) is 5.82 Å². The zero-order chi connectivity index (χ0) is 15.8. The monoisotopic (exact) mass is 293 g/mol. The summed E-state index contributed by atoms with van der Waals surface area (Å²) in [5, 5.41) is 0. The maximum atomic E-state index is 13.9. The summed E-state index contributed by atoms with van der Waals surface area (Å²) in [5.41, 5.74) is 2.35. The van der Waals surface area contributed by atoms with Gasteiger partial charge in [-0.1, -0.05) is 0 Å². The Balaban J connectivity index is 2.82. The van der Waals surface area contributed by atoms with Gasteiger partial charge < -0.3 is 9.64 Å². The molecule has 0 fully saturated rings. The Morgan fingerprint density at radius 3 is 2.71 bits per heavy atom. The number of hydrogen-bond donors (Lipinski definition) is 0. The van der Waals surface area contributed by atoms with Crippen LogP contribution in [-0.4, -0.2) is 38.1 Å². The van der Waals surface area contributed by atoms with Crippen LogP contribution in [-0.2, 0) is 16.0 Å². The fraction of sp³-hybridized carbons (Fsp3) is 0.471. The zero-order valence-corrected chi connectivity index (χ0v) is 13.3. The molecule has 0 aliphatic heterocycles. The number of carbonyl (C=O) groups excluding carboxylic acids is 1. The molecule has 21 heavy (non-hydrogen) atoms. The molecule has 0 N–H and O–H groups in total. The number of nitrogens with zero attached hydrogens (tertiary/aromatic N) is 1. The van der Waals surface area contributed by atoms with Crippen molar-refractivity contribution in [2.24, 2.45) is 0 Å². The van der Waals surface area contributed by atoms with Crippen molar-refractivity contribution in [1.82, 2.24) is 4.90 Å². The lowest BCUT2D eigenvalue weighted by Crippen LogP contribution is -2.13. The highest BCUT2D eigenvalue weighted by Crippen LogP contribution is 2.18. The summed E-state index contributed by atoms with van der Waals surface area (Å²) in [6, 6.07) is 3.34. The molecular formula is C17H24FNO2. The van der Waals surface area contributed by atoms with Gasteiger partial charge in [-0.3, -0.25) is 0 Å². The largest absolute Gasteiger partial charge is 0.463 e. The molecule has 0 spiro atoms. The molecule has 1 aromatic carbocycles. The Kier molecular flexibility index (Phi) is 7.09. The Hall–Kier alpha value is -1.68. The van der Waals surface area contributed by atoms with Gasteiger partial charge in [-0.25, -0.2) is 9.18 Å². The normalized spacial score (nSPS) is 11.3. The molecule has 0 aliphatic rings. The number of aryl methyl sites for hydroxylation is 2. The topological polar surface area (TPSA) is 29.5 Å². The van der Waals surface area contributed by atoms with Crippen LogP contribution in [0, 0.1) is 12.7 Å². The number of rotatable bonds is 7. The maximum absolute atomic E-state index is 13.9. The molecule has 0 radical (unpaired) electrons. The van der Waals surface area contributed by atoms with Crippen molar-refractivity contribution < 1.29 is 13.9 Å². The predicted molar refractivity (Wildman–Crippen MR) is 83.7 cm³/mol. The average molecular weight is 293 g/mol. The second-order valence-corrected chi connectivity index (χ2v) is 5.29. The van der Waals surface area contributed by atoms with E-state index >= 15 is 0 Å². The number of benzene rings is 1. The van der Waals surface area contributed by atoms with E-state index in [1.165, 1.54) is 12.1 Å². The highest BCUT2D eigenvalue weighted by Gasteiger charge is 2.07. The smallest absolute Gasteiger partial charge is 0.330 e. The van der Waals surface area contributed by atoms with Crippen LogP contribution in [0.3, 0.4) is 0 Å². The highest BCUT2D eigenvalue weighted by molar-refractivity contribution is 5.87. The minimum atomic E-state index is -0.379. The molecule has 0 bridgehead atoms. The Morgan fingerprint density at radius 1 is 1.38 bits per heavy atom. The van der Waals surface area contributed by atoms with Gasteiger partial charge in [0, 0.05) is 6.08 Å². The van der Waals surface area contributed by atoms with E-state index in [2.05, 4.69) is 4.90 Å². The summed E-state index contributed by atoms with van der Waals surface area (Å²) in [4.78, 5) is 13.4. The SMILES string of the molecule is CCOC(=O)C=Cc1cc(CCCN(C)C)c(F)cc1C. The maximum Gasteiger partial charge on any atom is 0.330 e. The first-order valence-electron chi connectivity index (χ1n) is 7.22. The predicted octanol–water partition coefficient (Wildman–Crippen LogP) is 3.20. The van der Waals surface area contributed by atoms with Crippen LogP contribution in [0.1, 0.15) is 30.0 Å². The Morgan fingerprint density at radius 2 is 2.10 bits per heavy atom. The molecule has 0 aromatic heterocycles. The molecule has 0 amide bonds. The van der Waals surface area contributed by atoms with E-state index in [1.54, 1.807) is 13.0 Å². The summed E-state index contributed by atoms with van der Waals surface area (Å²) >= 11 is 0. The first-order valence-corrected chi connectivity index (χ1v) is 7.22. The third kappa shape index (κ3) is 6.08. The second kappa shape index (κ2) is 8.57. The molecule has 1 aromatic rings. The third-order valence-electron chi connectivity index (χ3n) is 3.17. The van der Waals surface area contributed by atoms with E-state index in [-0.39, 0.29) is 11.8 Å². The van der Waals surface area contributed by atoms with Gasteiger partial charge in [0.05, 0.1) is 6.61 Å². The fourth-order valence-electron chi connectivity index (χ4n) is 2.04. The molecular weight excluding hydrogens is 269 g/mol. The van der Waals surface area contributed by atoms with Crippen LogP contribution in [0.15, 0.2) is 18.2 Å². The minimum Gasteiger partial charge on any atom is -0.463 e. The highest BCUT2D eigenvalue weighted by atomic mass is 19.1. The number of ether oxygens (including phenoxy) is 1. The summed E-state index contributed by atoms with van der Waals surface area (Å²) < 4.78 is 18.8. The van der Waals surface area contributed by atoms with E-state index < -0.39 is 0 Å². The van der Waals surface area contributed by atoms with Gasteiger partial charge in [0.25, 0.3) is 0 Å². The van der Waals surface area contributed by atoms with Crippen molar-refractivity contribution >= 4 is 12.0 Å². The average Bonchev–Trinajstić information content (AvgIpc) is 2.40. The van der Waals surface area contributed by atoms with Gasteiger partial charge >= 0.3 is 5.97 Å². The van der Waals surface area contributed by atoms with Crippen LogP contribution >= 0.6 is 0 Å². The van der Waals surface area contributed by atoms with E-state index in [4.69, 9.17) is 4.74 Å². The van der Waals surface area contributed by atoms with E-state index in [0.29, 0.717) is 18.6 Å². The van der Waals surface area contributed by atoms with Crippen molar-refractivity contribution in [3.05, 3.63) is 40.7 Å². The van der Waals surface area contributed by atoms with Gasteiger partial charge in [-0.15, -0.1) is 0 Å². The van der Waals surface area contributed by atoms with Crippen LogP contribution in [0.4, 0.5) is 4.39 Å². The molecule has 0 aliphatic carbocycles. The zero-order valence-electron chi connectivity index (χ0n) is 13.3. The first kappa shape index (κ1) is 17.4. The molecule has 0 heterocycles. The molecule has 116 valence electrons. The molecule has 0 saturated heterocycles. The van der Waals surface area contributed by atoms with E-state index in [0.717, 1.165) is 24.1 Å². The lowest BCUT2D eigenvalue weighted by atomic mass is 10.0. The molecule has 4 heteroatoms. The van der Waals surface area contributed by atoms with Crippen LogP contribution in [0.2, 0.25) is 0 Å². The number of hydrogen-bond acceptors (Lipinski definition) is 3. The van der Waals surface area contributed by atoms with Crippen molar-refractivity contribution in [3.8, 4) is 0 Å². The van der Waals surface area contributed by atoms with Gasteiger partial charge in [-0.05, 0) is 82.2 Å². The van der Waals surface area contributed by atoms with Crippen molar-refractivity contribution in [3.63, 3.8) is 0 Å². The summed E-state index contributed by atoms with van der Waals surface area (Å²) in [5.74, 6) is -0.560. The second-order valence-electron chi connectivity index (χ2n) is 5.29. The first-order chi connectivity index (χ1) is 9.93. The van der Waals surface area contributed by atoms with Crippen LogP contribution in [0.5, 0.6) is 0 Å². The van der Waals surface area contributed by atoms with E-state index in [1.807, 2.05) is 27.1 Å². The summed E-state index contributed by atoms with van der Waals surface area (Å²) in [6.07, 6.45) is 4.65. The fourth-order valence-corrected chi connectivity index (χ4v) is 2.04. The van der Waals surface area contributed by atoms with Crippen LogP contribution < -0.4 is 0 Å². The third-order valence-corrected chi connectivity index (χ3v) is 3.17. The molecule has 0 atom stereocenters. The van der Waals surface area contributed by atoms with Gasteiger partial charge in [0.2, 0.25) is 0 Å². The molecule has 3 nitrogen and oxygen atoms in total. The summed E-state index contributed by atoms with van der Waals surface area (Å²) in [7, 11) is 4.00. The van der Waals surface area contributed by atoms with Gasteiger partial charge in [-0.2, -0.15) is 0 Å². The number of carbonyl (C=O) groups is 1. The standard InChI is InChI=1S/C17H24FNO2/c1-5-21-17(20)9-8-14-12-15(7-6-10-19(3)4)16(18)11-13(14)2/h8-9,11-12H,5-7,10H2,1-4H3. The number of esters is 1. The summed E-state index contributed by atoms with van der Waals surface area (Å²) in [6.45, 7) is 4.86. The molecule has 0 unspecified atom stereocenters. The van der Waals surface area contributed by atoms with Crippen molar-refractivity contribution in [2.45, 2.75) is 26.7 Å². The molecule has 1 rings (SSSR count).